The third-order valence-corrected chi connectivity index (χ3v) is 5.45. The average Bonchev–Trinajstić information content (AvgIpc) is 2.52. The van der Waals surface area contributed by atoms with Crippen molar-refractivity contribution in [3.05, 3.63) is 56.2 Å². The zero-order chi connectivity index (χ0) is 19.3. The fourth-order valence-corrected chi connectivity index (χ4v) is 3.79. The van der Waals surface area contributed by atoms with E-state index >= 15 is 0 Å². The summed E-state index contributed by atoms with van der Waals surface area (Å²) in [5.41, 5.74) is 5.08. The van der Waals surface area contributed by atoms with Gasteiger partial charge < -0.3 is 9.84 Å². The smallest absolute Gasteiger partial charge is 0.127 e. The normalized spacial score (nSPS) is 14.5. The number of rotatable bonds is 1. The number of aromatic hydroxyl groups is 1. The minimum absolute atomic E-state index is 0.135. The van der Waals surface area contributed by atoms with Crippen LogP contribution in [0, 0.1) is 3.57 Å². The molecule has 2 aromatic carbocycles. The lowest BCUT2D eigenvalue weighted by atomic mass is 9.77. The molecule has 3 heteroatoms. The molecule has 26 heavy (non-hydrogen) atoms. The van der Waals surface area contributed by atoms with E-state index in [0.29, 0.717) is 12.4 Å². The molecular formula is C23H27IO2. The Bertz CT molecular complexity index is 845. The zero-order valence-corrected chi connectivity index (χ0v) is 18.6. The van der Waals surface area contributed by atoms with Crippen molar-refractivity contribution >= 4 is 34.2 Å². The van der Waals surface area contributed by atoms with Crippen LogP contribution < -0.4 is 4.74 Å². The second-order valence-electron chi connectivity index (χ2n) is 9.06. The monoisotopic (exact) mass is 462 g/mol. The first-order valence-electron chi connectivity index (χ1n) is 8.98. The molecule has 1 heterocycles. The summed E-state index contributed by atoms with van der Waals surface area (Å²) in [6.07, 6.45) is 2.21. The van der Waals surface area contributed by atoms with Crippen molar-refractivity contribution in [3.8, 4) is 11.5 Å². The molecule has 0 amide bonds. The van der Waals surface area contributed by atoms with Gasteiger partial charge in [0.1, 0.15) is 18.1 Å². The molecule has 0 spiro atoms. The molecule has 0 saturated heterocycles. The summed E-state index contributed by atoms with van der Waals surface area (Å²) in [5.74, 6) is 1.35. The van der Waals surface area contributed by atoms with E-state index in [2.05, 4.69) is 94.5 Å². The Morgan fingerprint density at radius 1 is 0.923 bits per heavy atom. The van der Waals surface area contributed by atoms with Gasteiger partial charge >= 0.3 is 0 Å². The SMILES string of the molecule is CC(C)(C)c1cc(C2=Cc3cc(I)ccc3OC2)cc(C(C)(C)C)c1O. The summed E-state index contributed by atoms with van der Waals surface area (Å²) in [6.45, 7) is 13.4. The number of ether oxygens (including phenoxy) is 1. The van der Waals surface area contributed by atoms with Gasteiger partial charge in [0.2, 0.25) is 0 Å². The van der Waals surface area contributed by atoms with Gasteiger partial charge in [-0.3, -0.25) is 0 Å². The molecule has 1 aliphatic rings. The Morgan fingerprint density at radius 3 is 2.04 bits per heavy atom. The molecule has 2 nitrogen and oxygen atoms in total. The summed E-state index contributed by atoms with van der Waals surface area (Å²) >= 11 is 2.33. The van der Waals surface area contributed by atoms with Gasteiger partial charge in [-0.05, 0) is 81.0 Å². The van der Waals surface area contributed by atoms with Crippen LogP contribution in [0.25, 0.3) is 11.6 Å². The number of phenols is 1. The maximum absolute atomic E-state index is 10.9. The maximum atomic E-state index is 10.9. The van der Waals surface area contributed by atoms with Gasteiger partial charge in [-0.2, -0.15) is 0 Å². The first-order chi connectivity index (χ1) is 12.0. The largest absolute Gasteiger partial charge is 0.507 e. The fourth-order valence-electron chi connectivity index (χ4n) is 3.28. The summed E-state index contributed by atoms with van der Waals surface area (Å²) in [7, 11) is 0. The van der Waals surface area contributed by atoms with Gasteiger partial charge in [-0.15, -0.1) is 0 Å². The van der Waals surface area contributed by atoms with Crippen molar-refractivity contribution in [2.24, 2.45) is 0 Å². The predicted molar refractivity (Wildman–Crippen MR) is 118 cm³/mol. The fraction of sp³-hybridized carbons (Fsp3) is 0.391. The van der Waals surface area contributed by atoms with Crippen LogP contribution >= 0.6 is 22.6 Å². The lowest BCUT2D eigenvalue weighted by Crippen LogP contribution is -2.18. The summed E-state index contributed by atoms with van der Waals surface area (Å²) in [5, 5.41) is 10.9. The van der Waals surface area contributed by atoms with Crippen LogP contribution in [-0.4, -0.2) is 11.7 Å². The summed E-state index contributed by atoms with van der Waals surface area (Å²) in [6, 6.07) is 10.5. The number of fused-ring (bicyclic) bond motifs is 1. The summed E-state index contributed by atoms with van der Waals surface area (Å²) in [4.78, 5) is 0. The molecule has 1 aliphatic heterocycles. The first-order valence-corrected chi connectivity index (χ1v) is 10.1. The molecule has 3 rings (SSSR count). The van der Waals surface area contributed by atoms with Crippen LogP contribution in [0.15, 0.2) is 30.3 Å². The minimum atomic E-state index is -0.135. The number of hydrogen-bond acceptors (Lipinski definition) is 2. The Hall–Kier alpha value is -1.49. The molecule has 0 bridgehead atoms. The number of phenolic OH excluding ortho intramolecular Hbond substituents is 1. The molecular weight excluding hydrogens is 435 g/mol. The van der Waals surface area contributed by atoms with Crippen LogP contribution in [0.5, 0.6) is 11.5 Å². The van der Waals surface area contributed by atoms with Crippen molar-refractivity contribution in [2.45, 2.75) is 52.4 Å². The van der Waals surface area contributed by atoms with Crippen molar-refractivity contribution in [1.82, 2.24) is 0 Å². The molecule has 0 atom stereocenters. The quantitative estimate of drug-likeness (QED) is 0.489. The van der Waals surface area contributed by atoms with E-state index in [9.17, 15) is 5.11 Å². The van der Waals surface area contributed by atoms with E-state index in [1.807, 2.05) is 6.07 Å². The Kier molecular flexibility index (Phi) is 4.89. The number of halogens is 1. The van der Waals surface area contributed by atoms with Gasteiger partial charge in [0, 0.05) is 20.3 Å². The number of hydrogen-bond donors (Lipinski definition) is 1. The molecule has 2 aromatic rings. The van der Waals surface area contributed by atoms with Crippen LogP contribution in [0.4, 0.5) is 0 Å². The topological polar surface area (TPSA) is 29.5 Å². The Labute approximate surface area is 170 Å². The second-order valence-corrected chi connectivity index (χ2v) is 10.3. The molecule has 0 aromatic heterocycles. The van der Waals surface area contributed by atoms with Crippen LogP contribution in [-0.2, 0) is 10.8 Å². The van der Waals surface area contributed by atoms with Gasteiger partial charge in [-0.1, -0.05) is 41.5 Å². The van der Waals surface area contributed by atoms with Crippen molar-refractivity contribution in [3.63, 3.8) is 0 Å². The van der Waals surface area contributed by atoms with E-state index < -0.39 is 0 Å². The highest BCUT2D eigenvalue weighted by molar-refractivity contribution is 14.1. The van der Waals surface area contributed by atoms with Gasteiger partial charge in [0.05, 0.1) is 0 Å². The highest BCUT2D eigenvalue weighted by Gasteiger charge is 2.27. The van der Waals surface area contributed by atoms with E-state index in [0.717, 1.165) is 33.6 Å². The van der Waals surface area contributed by atoms with E-state index in [4.69, 9.17) is 4.74 Å². The minimum Gasteiger partial charge on any atom is -0.507 e. The number of benzene rings is 2. The van der Waals surface area contributed by atoms with Crippen molar-refractivity contribution in [1.29, 1.82) is 0 Å². The van der Waals surface area contributed by atoms with Crippen LogP contribution in [0.2, 0.25) is 0 Å². The van der Waals surface area contributed by atoms with Crippen molar-refractivity contribution in [2.75, 3.05) is 6.61 Å². The third kappa shape index (κ3) is 3.78. The average molecular weight is 462 g/mol. The molecule has 1 N–H and O–H groups in total. The first kappa shape index (κ1) is 19.3. The Morgan fingerprint density at radius 2 is 1.50 bits per heavy atom. The molecule has 0 unspecified atom stereocenters. The molecule has 0 fully saturated rings. The molecule has 0 aliphatic carbocycles. The highest BCUT2D eigenvalue weighted by Crippen LogP contribution is 2.42. The van der Waals surface area contributed by atoms with E-state index in [1.54, 1.807) is 0 Å². The molecule has 0 saturated carbocycles. The predicted octanol–water partition coefficient (Wildman–Crippen LogP) is 6.52. The van der Waals surface area contributed by atoms with Crippen LogP contribution in [0.1, 0.15) is 63.8 Å². The van der Waals surface area contributed by atoms with Gasteiger partial charge in [0.15, 0.2) is 0 Å². The van der Waals surface area contributed by atoms with Gasteiger partial charge in [-0.25, -0.2) is 0 Å². The van der Waals surface area contributed by atoms with Crippen molar-refractivity contribution < 1.29 is 9.84 Å². The molecule has 138 valence electrons. The maximum Gasteiger partial charge on any atom is 0.127 e. The van der Waals surface area contributed by atoms with E-state index in [1.165, 1.54) is 3.57 Å². The van der Waals surface area contributed by atoms with E-state index in [-0.39, 0.29) is 10.8 Å². The standard InChI is InChI=1S/C23H27IO2/c1-22(2,3)18-11-14(12-19(21(18)25)23(4,5)6)16-9-15-10-17(24)7-8-20(15)26-13-16/h7-12,25H,13H2,1-6H3. The van der Waals surface area contributed by atoms with Crippen LogP contribution in [0.3, 0.4) is 0 Å². The van der Waals surface area contributed by atoms with Gasteiger partial charge in [0.25, 0.3) is 0 Å². The summed E-state index contributed by atoms with van der Waals surface area (Å²) < 4.78 is 7.19. The molecule has 0 radical (unpaired) electrons. The third-order valence-electron chi connectivity index (χ3n) is 4.78. The Balaban J connectivity index is 2.20. The second kappa shape index (κ2) is 6.59. The zero-order valence-electron chi connectivity index (χ0n) is 16.4. The lowest BCUT2D eigenvalue weighted by Gasteiger charge is -2.29. The lowest BCUT2D eigenvalue weighted by molar-refractivity contribution is 0.365. The highest BCUT2D eigenvalue weighted by atomic mass is 127.